The minimum atomic E-state index is -1.09. The lowest BCUT2D eigenvalue weighted by Crippen LogP contribution is -2.00. The highest BCUT2D eigenvalue weighted by Crippen LogP contribution is 2.18. The Bertz CT molecular complexity index is 591. The average Bonchev–Trinajstić information content (AvgIpc) is 2.84. The Kier molecular flexibility index (Phi) is 2.59. The van der Waals surface area contributed by atoms with Crippen molar-refractivity contribution in [2.24, 2.45) is 0 Å². The van der Waals surface area contributed by atoms with Crippen LogP contribution in [0.25, 0.3) is 0 Å². The summed E-state index contributed by atoms with van der Waals surface area (Å²) in [7, 11) is 0. The van der Waals surface area contributed by atoms with E-state index in [9.17, 15) is 9.59 Å². The first kappa shape index (κ1) is 11.2. The minimum Gasteiger partial charge on any atom is -0.477 e. The molecule has 5 nitrogen and oxygen atoms in total. The van der Waals surface area contributed by atoms with Crippen LogP contribution in [0.4, 0.5) is 0 Å². The summed E-state index contributed by atoms with van der Waals surface area (Å²) in [5.74, 6) is -0.155. The number of rotatable bonds is 3. The number of aryl methyl sites for hydroxylation is 2. The van der Waals surface area contributed by atoms with E-state index in [1.165, 1.54) is 12.3 Å². The molecule has 2 aromatic heterocycles. The van der Waals surface area contributed by atoms with Crippen molar-refractivity contribution in [3.63, 3.8) is 0 Å². The van der Waals surface area contributed by atoms with Crippen LogP contribution >= 0.6 is 0 Å². The lowest BCUT2D eigenvalue weighted by Gasteiger charge is -1.94. The third-order valence-corrected chi connectivity index (χ3v) is 2.46. The van der Waals surface area contributed by atoms with Crippen molar-refractivity contribution in [1.29, 1.82) is 0 Å². The Balaban J connectivity index is 2.37. The maximum Gasteiger partial charge on any atom is 0.352 e. The fourth-order valence-corrected chi connectivity index (χ4v) is 1.66. The number of carbonyl (C=O) groups excluding carboxylic acids is 1. The minimum absolute atomic E-state index is 0.00813. The number of carboxylic acids is 1. The van der Waals surface area contributed by atoms with Crippen LogP contribution < -0.4 is 0 Å². The predicted molar refractivity (Wildman–Crippen MR) is 59.4 cm³/mol. The van der Waals surface area contributed by atoms with Crippen LogP contribution in [-0.4, -0.2) is 21.8 Å². The van der Waals surface area contributed by atoms with Gasteiger partial charge in [0, 0.05) is 11.8 Å². The van der Waals surface area contributed by atoms with Crippen molar-refractivity contribution >= 4 is 11.8 Å². The molecule has 2 N–H and O–H groups in total. The van der Waals surface area contributed by atoms with Crippen LogP contribution in [0.3, 0.4) is 0 Å². The number of furan rings is 1. The molecule has 2 aromatic rings. The highest BCUT2D eigenvalue weighted by molar-refractivity contribution is 6.10. The van der Waals surface area contributed by atoms with Crippen LogP contribution in [0.15, 0.2) is 22.7 Å². The van der Waals surface area contributed by atoms with E-state index >= 15 is 0 Å². The maximum absolute atomic E-state index is 12.0. The number of carbonyl (C=O) groups is 2. The smallest absolute Gasteiger partial charge is 0.352 e. The van der Waals surface area contributed by atoms with Gasteiger partial charge in [0.25, 0.3) is 0 Å². The largest absolute Gasteiger partial charge is 0.477 e. The van der Waals surface area contributed by atoms with E-state index in [0.717, 1.165) is 0 Å². The van der Waals surface area contributed by atoms with Gasteiger partial charge < -0.3 is 14.5 Å². The van der Waals surface area contributed by atoms with Crippen LogP contribution in [-0.2, 0) is 0 Å². The van der Waals surface area contributed by atoms with E-state index < -0.39 is 5.97 Å². The van der Waals surface area contributed by atoms with Gasteiger partial charge in [-0.25, -0.2) is 4.79 Å². The fraction of sp³-hybridized carbons (Fsp3) is 0.167. The van der Waals surface area contributed by atoms with Crippen LogP contribution in [0.1, 0.15) is 37.9 Å². The highest BCUT2D eigenvalue weighted by Gasteiger charge is 2.18. The Labute approximate surface area is 97.1 Å². The molecule has 0 bridgehead atoms. The normalized spacial score (nSPS) is 10.5. The average molecular weight is 233 g/mol. The van der Waals surface area contributed by atoms with Crippen LogP contribution in [0.2, 0.25) is 0 Å². The van der Waals surface area contributed by atoms with E-state index in [0.29, 0.717) is 22.6 Å². The number of aromatic carboxylic acids is 1. The summed E-state index contributed by atoms with van der Waals surface area (Å²) in [6.07, 6.45) is 1.38. The van der Waals surface area contributed by atoms with Gasteiger partial charge in [0.05, 0.1) is 5.56 Å². The second kappa shape index (κ2) is 3.93. The Hall–Kier alpha value is -2.30. The lowest BCUT2D eigenvalue weighted by atomic mass is 10.1. The number of carboxylic acid groups (broad SMARTS) is 1. The van der Waals surface area contributed by atoms with Crippen molar-refractivity contribution in [2.75, 3.05) is 0 Å². The number of nitrogens with one attached hydrogen (secondary N) is 1. The van der Waals surface area contributed by atoms with Crippen molar-refractivity contribution in [1.82, 2.24) is 4.98 Å². The molecule has 0 saturated carbocycles. The van der Waals surface area contributed by atoms with Gasteiger partial charge in [0.15, 0.2) is 5.78 Å². The molecule has 0 spiro atoms. The van der Waals surface area contributed by atoms with Crippen molar-refractivity contribution in [3.8, 4) is 0 Å². The zero-order valence-corrected chi connectivity index (χ0v) is 9.40. The first-order valence-corrected chi connectivity index (χ1v) is 5.02. The summed E-state index contributed by atoms with van der Waals surface area (Å²) in [5.41, 5.74) is 0.760. The van der Waals surface area contributed by atoms with Crippen molar-refractivity contribution < 1.29 is 19.1 Å². The standard InChI is InChI=1S/C12H11NO4/c1-6-3-9(7(2)17-6)11(14)8-4-10(12(15)16)13-5-8/h3-5,13H,1-2H3,(H,15,16). The molecule has 0 aromatic carbocycles. The molecule has 2 heterocycles. The van der Waals surface area contributed by atoms with E-state index in [1.807, 2.05) is 0 Å². The number of ketones is 1. The molecule has 0 radical (unpaired) electrons. The molecule has 2 rings (SSSR count). The molecular weight excluding hydrogens is 222 g/mol. The molecule has 0 amide bonds. The second-order valence-electron chi connectivity index (χ2n) is 3.76. The summed E-state index contributed by atoms with van der Waals surface area (Å²) < 4.78 is 5.26. The fourth-order valence-electron chi connectivity index (χ4n) is 1.66. The number of hydrogen-bond donors (Lipinski definition) is 2. The SMILES string of the molecule is Cc1cc(C(=O)c2c[nH]c(C(=O)O)c2)c(C)o1. The van der Waals surface area contributed by atoms with Gasteiger partial charge >= 0.3 is 5.97 Å². The molecule has 0 aliphatic rings. The molecule has 0 aliphatic carbocycles. The first-order valence-electron chi connectivity index (χ1n) is 5.02. The third-order valence-electron chi connectivity index (χ3n) is 2.46. The van der Waals surface area contributed by atoms with E-state index in [-0.39, 0.29) is 11.5 Å². The van der Waals surface area contributed by atoms with E-state index in [2.05, 4.69) is 4.98 Å². The van der Waals surface area contributed by atoms with Gasteiger partial charge in [-0.15, -0.1) is 0 Å². The Morgan fingerprint density at radius 3 is 2.47 bits per heavy atom. The first-order chi connectivity index (χ1) is 7.99. The monoisotopic (exact) mass is 233 g/mol. The summed E-state index contributed by atoms with van der Waals surface area (Å²) in [4.78, 5) is 25.3. The molecule has 17 heavy (non-hydrogen) atoms. The van der Waals surface area contributed by atoms with Gasteiger partial charge in [0.2, 0.25) is 0 Å². The van der Waals surface area contributed by atoms with Gasteiger partial charge in [0.1, 0.15) is 17.2 Å². The molecule has 0 aliphatic heterocycles. The Morgan fingerprint density at radius 1 is 1.29 bits per heavy atom. The quantitative estimate of drug-likeness (QED) is 0.795. The van der Waals surface area contributed by atoms with Gasteiger partial charge in [-0.1, -0.05) is 0 Å². The van der Waals surface area contributed by atoms with E-state index in [4.69, 9.17) is 9.52 Å². The molecular formula is C12H11NO4. The summed E-state index contributed by atoms with van der Waals surface area (Å²) in [5, 5.41) is 8.75. The zero-order chi connectivity index (χ0) is 12.6. The lowest BCUT2D eigenvalue weighted by molar-refractivity contribution is 0.0691. The highest BCUT2D eigenvalue weighted by atomic mass is 16.4. The van der Waals surface area contributed by atoms with Crippen LogP contribution in [0, 0.1) is 13.8 Å². The Morgan fingerprint density at radius 2 is 2.00 bits per heavy atom. The van der Waals surface area contributed by atoms with Gasteiger partial charge in [-0.05, 0) is 26.0 Å². The molecule has 0 atom stereocenters. The van der Waals surface area contributed by atoms with Gasteiger partial charge in [-0.3, -0.25) is 4.79 Å². The number of aromatic amines is 1. The molecule has 88 valence electrons. The molecule has 0 unspecified atom stereocenters. The third kappa shape index (κ3) is 1.99. The van der Waals surface area contributed by atoms with E-state index in [1.54, 1.807) is 19.9 Å². The number of aromatic nitrogens is 1. The van der Waals surface area contributed by atoms with Crippen molar-refractivity contribution in [3.05, 3.63) is 46.7 Å². The van der Waals surface area contributed by atoms with Crippen LogP contribution in [0.5, 0.6) is 0 Å². The van der Waals surface area contributed by atoms with Gasteiger partial charge in [-0.2, -0.15) is 0 Å². The maximum atomic E-state index is 12.0. The summed E-state index contributed by atoms with van der Waals surface area (Å²) >= 11 is 0. The molecule has 5 heteroatoms. The summed E-state index contributed by atoms with van der Waals surface area (Å²) in [6.45, 7) is 3.45. The second-order valence-corrected chi connectivity index (χ2v) is 3.76. The number of hydrogen-bond acceptors (Lipinski definition) is 3. The predicted octanol–water partition coefficient (Wildman–Crippen LogP) is 2.15. The molecule has 0 saturated heterocycles. The molecule has 0 fully saturated rings. The summed E-state index contributed by atoms with van der Waals surface area (Å²) in [6, 6.07) is 2.96. The zero-order valence-electron chi connectivity index (χ0n) is 9.40. The number of H-pyrrole nitrogens is 1. The topological polar surface area (TPSA) is 83.3 Å². The van der Waals surface area contributed by atoms with Crippen molar-refractivity contribution in [2.45, 2.75) is 13.8 Å².